The highest BCUT2D eigenvalue weighted by molar-refractivity contribution is 6.32. The molecule has 4 aromatic rings. The van der Waals surface area contributed by atoms with E-state index in [0.29, 0.717) is 22.6 Å². The highest BCUT2D eigenvalue weighted by atomic mass is 35.5. The van der Waals surface area contributed by atoms with Crippen LogP contribution in [0.15, 0.2) is 83.3 Å². The standard InChI is InChI=1S/C21H15ClN2O2/c22-18-13-17(15-7-3-1-4-8-15)11-12-19(18)25-14-20-23-24-21(26-20)16-9-5-2-6-10-16/h1-13H,14H2. The summed E-state index contributed by atoms with van der Waals surface area (Å²) in [6, 6.07) is 25.4. The maximum Gasteiger partial charge on any atom is 0.254 e. The largest absolute Gasteiger partial charge is 0.482 e. The number of nitrogens with zero attached hydrogens (tertiary/aromatic N) is 2. The molecule has 0 N–H and O–H groups in total. The summed E-state index contributed by atoms with van der Waals surface area (Å²) in [6.07, 6.45) is 0. The maximum absolute atomic E-state index is 6.35. The van der Waals surface area contributed by atoms with E-state index >= 15 is 0 Å². The zero-order valence-corrected chi connectivity index (χ0v) is 14.6. The number of benzene rings is 3. The highest BCUT2D eigenvalue weighted by Gasteiger charge is 2.10. The molecule has 0 saturated heterocycles. The van der Waals surface area contributed by atoms with Gasteiger partial charge in [-0.15, -0.1) is 10.2 Å². The minimum absolute atomic E-state index is 0.157. The van der Waals surface area contributed by atoms with Crippen molar-refractivity contribution in [3.05, 3.63) is 89.8 Å². The van der Waals surface area contributed by atoms with Crippen LogP contribution in [-0.4, -0.2) is 10.2 Å². The van der Waals surface area contributed by atoms with Crippen molar-refractivity contribution in [3.8, 4) is 28.3 Å². The van der Waals surface area contributed by atoms with Crippen molar-refractivity contribution < 1.29 is 9.15 Å². The van der Waals surface area contributed by atoms with Crippen molar-refractivity contribution in [2.75, 3.05) is 0 Å². The third kappa shape index (κ3) is 3.60. The fourth-order valence-corrected chi connectivity index (χ4v) is 2.81. The molecule has 5 heteroatoms. The Morgan fingerprint density at radius 1 is 0.769 bits per heavy atom. The van der Waals surface area contributed by atoms with Gasteiger partial charge in [0.25, 0.3) is 5.89 Å². The Morgan fingerprint density at radius 2 is 1.46 bits per heavy atom. The molecule has 0 radical (unpaired) electrons. The van der Waals surface area contributed by atoms with Gasteiger partial charge >= 0.3 is 0 Å². The molecule has 128 valence electrons. The van der Waals surface area contributed by atoms with Gasteiger partial charge in [0.15, 0.2) is 6.61 Å². The Hall–Kier alpha value is -3.11. The fourth-order valence-electron chi connectivity index (χ4n) is 2.58. The van der Waals surface area contributed by atoms with Gasteiger partial charge < -0.3 is 9.15 Å². The summed E-state index contributed by atoms with van der Waals surface area (Å²) in [6.45, 7) is 0.157. The zero-order valence-electron chi connectivity index (χ0n) is 13.8. The summed E-state index contributed by atoms with van der Waals surface area (Å²) >= 11 is 6.35. The summed E-state index contributed by atoms with van der Waals surface area (Å²) in [4.78, 5) is 0. The molecule has 0 saturated carbocycles. The maximum atomic E-state index is 6.35. The van der Waals surface area contributed by atoms with Crippen molar-refractivity contribution in [3.63, 3.8) is 0 Å². The summed E-state index contributed by atoms with van der Waals surface area (Å²) < 4.78 is 11.4. The molecule has 0 amide bonds. The predicted molar refractivity (Wildman–Crippen MR) is 101 cm³/mol. The molecule has 1 heterocycles. The summed E-state index contributed by atoms with van der Waals surface area (Å²) in [5, 5.41) is 8.60. The van der Waals surface area contributed by atoms with Crippen LogP contribution in [0.25, 0.3) is 22.6 Å². The lowest BCUT2D eigenvalue weighted by Crippen LogP contribution is -1.96. The van der Waals surface area contributed by atoms with E-state index in [9.17, 15) is 0 Å². The van der Waals surface area contributed by atoms with Crippen LogP contribution >= 0.6 is 11.6 Å². The first-order chi connectivity index (χ1) is 12.8. The summed E-state index contributed by atoms with van der Waals surface area (Å²) in [7, 11) is 0. The topological polar surface area (TPSA) is 48.2 Å². The molecule has 0 bridgehead atoms. The lowest BCUT2D eigenvalue weighted by atomic mass is 10.1. The monoisotopic (exact) mass is 362 g/mol. The molecule has 0 fully saturated rings. The first-order valence-electron chi connectivity index (χ1n) is 8.15. The van der Waals surface area contributed by atoms with Crippen LogP contribution in [0, 0.1) is 0 Å². The second kappa shape index (κ2) is 7.42. The van der Waals surface area contributed by atoms with E-state index in [-0.39, 0.29) is 6.61 Å². The molecule has 3 aromatic carbocycles. The molecule has 0 aliphatic heterocycles. The smallest absolute Gasteiger partial charge is 0.254 e. The fraction of sp³-hybridized carbons (Fsp3) is 0.0476. The molecule has 0 spiro atoms. The molecule has 4 rings (SSSR count). The van der Waals surface area contributed by atoms with Crippen LogP contribution in [-0.2, 0) is 6.61 Å². The van der Waals surface area contributed by atoms with E-state index in [0.717, 1.165) is 16.7 Å². The quantitative estimate of drug-likeness (QED) is 0.461. The van der Waals surface area contributed by atoms with E-state index in [1.807, 2.05) is 78.9 Å². The summed E-state index contributed by atoms with van der Waals surface area (Å²) in [5.41, 5.74) is 3.01. The van der Waals surface area contributed by atoms with Crippen molar-refractivity contribution in [1.29, 1.82) is 0 Å². The normalized spacial score (nSPS) is 10.7. The molecule has 0 unspecified atom stereocenters. The van der Waals surface area contributed by atoms with Crippen LogP contribution < -0.4 is 4.74 Å². The van der Waals surface area contributed by atoms with Crippen LogP contribution in [0.2, 0.25) is 5.02 Å². The third-order valence-electron chi connectivity index (χ3n) is 3.88. The molecule has 0 atom stereocenters. The van der Waals surface area contributed by atoms with Crippen molar-refractivity contribution in [2.24, 2.45) is 0 Å². The Balaban J connectivity index is 1.46. The van der Waals surface area contributed by atoms with Crippen molar-refractivity contribution in [2.45, 2.75) is 6.61 Å². The van der Waals surface area contributed by atoms with Crippen LogP contribution in [0.5, 0.6) is 5.75 Å². The lowest BCUT2D eigenvalue weighted by Gasteiger charge is -2.08. The first-order valence-corrected chi connectivity index (χ1v) is 8.53. The van der Waals surface area contributed by atoms with E-state index in [1.165, 1.54) is 0 Å². The van der Waals surface area contributed by atoms with E-state index in [2.05, 4.69) is 10.2 Å². The van der Waals surface area contributed by atoms with Crippen LogP contribution in [0.4, 0.5) is 0 Å². The number of hydrogen-bond acceptors (Lipinski definition) is 4. The van der Waals surface area contributed by atoms with Gasteiger partial charge in [0.2, 0.25) is 5.89 Å². The van der Waals surface area contributed by atoms with Gasteiger partial charge in [-0.05, 0) is 35.4 Å². The number of aromatic nitrogens is 2. The number of ether oxygens (including phenoxy) is 1. The minimum atomic E-state index is 0.157. The molecule has 26 heavy (non-hydrogen) atoms. The Labute approximate surface area is 156 Å². The SMILES string of the molecule is Clc1cc(-c2ccccc2)ccc1OCc1nnc(-c2ccccc2)o1. The predicted octanol–water partition coefficient (Wildman–Crippen LogP) is 5.64. The summed E-state index contributed by atoms with van der Waals surface area (Å²) in [5.74, 6) is 1.44. The van der Waals surface area contributed by atoms with Gasteiger partial charge in [0.05, 0.1) is 5.02 Å². The Kier molecular flexibility index (Phi) is 4.67. The average molecular weight is 363 g/mol. The third-order valence-corrected chi connectivity index (χ3v) is 4.17. The van der Waals surface area contributed by atoms with E-state index in [4.69, 9.17) is 20.8 Å². The van der Waals surface area contributed by atoms with Gasteiger partial charge in [-0.3, -0.25) is 0 Å². The molecule has 4 nitrogen and oxygen atoms in total. The van der Waals surface area contributed by atoms with Gasteiger partial charge in [-0.25, -0.2) is 0 Å². The van der Waals surface area contributed by atoms with Crippen molar-refractivity contribution in [1.82, 2.24) is 10.2 Å². The molecular formula is C21H15ClN2O2. The lowest BCUT2D eigenvalue weighted by molar-refractivity contribution is 0.264. The van der Waals surface area contributed by atoms with E-state index < -0.39 is 0 Å². The number of rotatable bonds is 5. The molecular weight excluding hydrogens is 348 g/mol. The van der Waals surface area contributed by atoms with Gasteiger partial charge in [0, 0.05) is 5.56 Å². The van der Waals surface area contributed by atoms with Crippen LogP contribution in [0.3, 0.4) is 0 Å². The Bertz CT molecular complexity index is 1000. The first kappa shape index (κ1) is 16.4. The van der Waals surface area contributed by atoms with Gasteiger partial charge in [-0.2, -0.15) is 0 Å². The highest BCUT2D eigenvalue weighted by Crippen LogP contribution is 2.31. The average Bonchev–Trinajstić information content (AvgIpc) is 3.17. The van der Waals surface area contributed by atoms with E-state index in [1.54, 1.807) is 0 Å². The van der Waals surface area contributed by atoms with Crippen molar-refractivity contribution >= 4 is 11.6 Å². The Morgan fingerprint density at radius 3 is 2.15 bits per heavy atom. The second-order valence-electron chi connectivity index (χ2n) is 5.67. The van der Waals surface area contributed by atoms with Gasteiger partial charge in [0.1, 0.15) is 5.75 Å². The van der Waals surface area contributed by atoms with Crippen LogP contribution in [0.1, 0.15) is 5.89 Å². The molecule has 0 aliphatic rings. The minimum Gasteiger partial charge on any atom is -0.482 e. The number of halogens is 1. The zero-order chi connectivity index (χ0) is 17.8. The second-order valence-corrected chi connectivity index (χ2v) is 6.07. The molecule has 0 aliphatic carbocycles. The van der Waals surface area contributed by atoms with Gasteiger partial charge in [-0.1, -0.05) is 66.2 Å². The molecule has 1 aromatic heterocycles. The number of hydrogen-bond donors (Lipinski definition) is 0.